The molecule has 2 rings (SSSR count). The first-order valence-corrected chi connectivity index (χ1v) is 7.83. The lowest BCUT2D eigenvalue weighted by Crippen LogP contribution is -2.55. The number of rotatable bonds is 3. The molecule has 2 unspecified atom stereocenters. The number of carbonyl (C=O) groups is 2. The smallest absolute Gasteiger partial charge is 0.317 e. The first kappa shape index (κ1) is 16.1. The largest absolute Gasteiger partial charge is 0.481 e. The number of piperidine rings is 1. The average Bonchev–Trinajstić information content (AvgIpc) is 2.46. The summed E-state index contributed by atoms with van der Waals surface area (Å²) in [4.78, 5) is 25.8. The first-order valence-electron chi connectivity index (χ1n) is 7.83. The van der Waals surface area contributed by atoms with Gasteiger partial charge in [-0.25, -0.2) is 4.79 Å². The van der Waals surface area contributed by atoms with Crippen LogP contribution in [-0.2, 0) is 9.53 Å². The molecule has 0 radical (unpaired) electrons. The maximum atomic E-state index is 12.4. The summed E-state index contributed by atoms with van der Waals surface area (Å²) < 4.78 is 5.25. The minimum Gasteiger partial charge on any atom is -0.481 e. The lowest BCUT2D eigenvalue weighted by atomic mass is 9.80. The zero-order chi connectivity index (χ0) is 15.5. The predicted molar refractivity (Wildman–Crippen MR) is 78.1 cm³/mol. The van der Waals surface area contributed by atoms with Gasteiger partial charge in [0, 0.05) is 31.8 Å². The van der Waals surface area contributed by atoms with Crippen molar-refractivity contribution in [3.05, 3.63) is 0 Å². The van der Waals surface area contributed by atoms with E-state index in [1.54, 1.807) is 0 Å². The summed E-state index contributed by atoms with van der Waals surface area (Å²) in [5.41, 5.74) is -0.879. The maximum Gasteiger partial charge on any atom is 0.317 e. The molecule has 0 bridgehead atoms. The maximum absolute atomic E-state index is 12.4. The summed E-state index contributed by atoms with van der Waals surface area (Å²) in [5, 5.41) is 12.4. The Morgan fingerprint density at radius 3 is 2.33 bits per heavy atom. The van der Waals surface area contributed by atoms with Crippen LogP contribution >= 0.6 is 0 Å². The Hall–Kier alpha value is -1.30. The minimum atomic E-state index is -0.879. The van der Waals surface area contributed by atoms with E-state index in [9.17, 15) is 14.7 Å². The van der Waals surface area contributed by atoms with Gasteiger partial charge in [-0.2, -0.15) is 0 Å². The van der Waals surface area contributed by atoms with E-state index in [1.165, 1.54) is 0 Å². The summed E-state index contributed by atoms with van der Waals surface area (Å²) >= 11 is 0. The molecule has 2 atom stereocenters. The molecular formula is C15H26N2O4. The predicted octanol–water partition coefficient (Wildman–Crippen LogP) is 1.84. The SMILES string of the molecule is CC1CCCC(C)N1C(=O)NCC1(C(=O)O)CCOCC1. The minimum absolute atomic E-state index is 0.137. The fraction of sp³-hybridized carbons (Fsp3) is 0.867. The molecule has 0 aliphatic carbocycles. The molecule has 0 aromatic carbocycles. The summed E-state index contributed by atoms with van der Waals surface area (Å²) in [6.45, 7) is 5.17. The summed E-state index contributed by atoms with van der Waals surface area (Å²) in [5.74, 6) is -0.842. The number of carboxylic acids is 1. The Labute approximate surface area is 125 Å². The number of carboxylic acid groups (broad SMARTS) is 1. The van der Waals surface area contributed by atoms with Crippen LogP contribution in [0.3, 0.4) is 0 Å². The van der Waals surface area contributed by atoms with Gasteiger partial charge in [0.15, 0.2) is 0 Å². The van der Waals surface area contributed by atoms with E-state index >= 15 is 0 Å². The molecule has 0 spiro atoms. The zero-order valence-corrected chi connectivity index (χ0v) is 12.9. The number of nitrogens with zero attached hydrogens (tertiary/aromatic N) is 1. The van der Waals surface area contributed by atoms with Crippen LogP contribution in [0, 0.1) is 5.41 Å². The highest BCUT2D eigenvalue weighted by atomic mass is 16.5. The van der Waals surface area contributed by atoms with Crippen LogP contribution in [-0.4, -0.2) is 53.8 Å². The van der Waals surface area contributed by atoms with Gasteiger partial charge in [0.25, 0.3) is 0 Å². The molecule has 2 amide bonds. The van der Waals surface area contributed by atoms with Crippen molar-refractivity contribution in [3.63, 3.8) is 0 Å². The van der Waals surface area contributed by atoms with Crippen LogP contribution in [0.2, 0.25) is 0 Å². The van der Waals surface area contributed by atoms with Crippen LogP contribution in [0.5, 0.6) is 0 Å². The summed E-state index contributed by atoms with van der Waals surface area (Å²) in [6, 6.07) is 0.287. The van der Waals surface area contributed by atoms with Crippen molar-refractivity contribution in [2.24, 2.45) is 5.41 Å². The van der Waals surface area contributed by atoms with Crippen molar-refractivity contribution in [1.82, 2.24) is 10.2 Å². The van der Waals surface area contributed by atoms with Gasteiger partial charge in [0.05, 0.1) is 5.41 Å². The van der Waals surface area contributed by atoms with Crippen LogP contribution in [0.4, 0.5) is 4.79 Å². The number of ether oxygens (including phenoxy) is 1. The third-order valence-electron chi connectivity index (χ3n) is 4.91. The van der Waals surface area contributed by atoms with E-state index in [0.717, 1.165) is 19.3 Å². The molecule has 2 heterocycles. The zero-order valence-electron chi connectivity index (χ0n) is 12.9. The van der Waals surface area contributed by atoms with Crippen molar-refractivity contribution in [3.8, 4) is 0 Å². The molecule has 21 heavy (non-hydrogen) atoms. The molecule has 0 aromatic rings. The second-order valence-electron chi connectivity index (χ2n) is 6.39. The second-order valence-corrected chi connectivity index (χ2v) is 6.39. The van der Waals surface area contributed by atoms with E-state index < -0.39 is 11.4 Å². The van der Waals surface area contributed by atoms with Gasteiger partial charge in [-0.15, -0.1) is 0 Å². The fourth-order valence-electron chi connectivity index (χ4n) is 3.39. The van der Waals surface area contributed by atoms with Crippen molar-refractivity contribution in [1.29, 1.82) is 0 Å². The average molecular weight is 298 g/mol. The van der Waals surface area contributed by atoms with E-state index in [0.29, 0.717) is 26.1 Å². The Balaban J connectivity index is 1.97. The topological polar surface area (TPSA) is 78.9 Å². The van der Waals surface area contributed by atoms with Gasteiger partial charge < -0.3 is 20.1 Å². The molecule has 6 nitrogen and oxygen atoms in total. The third-order valence-corrected chi connectivity index (χ3v) is 4.91. The lowest BCUT2D eigenvalue weighted by molar-refractivity contribution is -0.154. The van der Waals surface area contributed by atoms with Crippen LogP contribution in [0.1, 0.15) is 46.0 Å². The normalized spacial score (nSPS) is 29.0. The molecule has 2 fully saturated rings. The number of hydrogen-bond donors (Lipinski definition) is 2. The van der Waals surface area contributed by atoms with Gasteiger partial charge in [-0.1, -0.05) is 0 Å². The Morgan fingerprint density at radius 2 is 1.81 bits per heavy atom. The van der Waals surface area contributed by atoms with Crippen LogP contribution < -0.4 is 5.32 Å². The third kappa shape index (κ3) is 3.48. The van der Waals surface area contributed by atoms with Gasteiger partial charge in [-0.3, -0.25) is 4.79 Å². The van der Waals surface area contributed by atoms with Crippen molar-refractivity contribution >= 4 is 12.0 Å². The molecular weight excluding hydrogens is 272 g/mol. The lowest BCUT2D eigenvalue weighted by Gasteiger charge is -2.40. The summed E-state index contributed by atoms with van der Waals surface area (Å²) in [6.07, 6.45) is 4.06. The van der Waals surface area contributed by atoms with Crippen molar-refractivity contribution in [2.45, 2.75) is 58.0 Å². The molecule has 2 saturated heterocycles. The number of likely N-dealkylation sites (tertiary alicyclic amines) is 1. The highest BCUT2D eigenvalue weighted by Gasteiger charge is 2.41. The molecule has 0 aromatic heterocycles. The quantitative estimate of drug-likeness (QED) is 0.833. The Morgan fingerprint density at radius 1 is 1.24 bits per heavy atom. The van der Waals surface area contributed by atoms with Gasteiger partial charge in [-0.05, 0) is 46.0 Å². The second kappa shape index (κ2) is 6.64. The summed E-state index contributed by atoms with van der Waals surface area (Å²) in [7, 11) is 0. The molecule has 0 saturated carbocycles. The standard InChI is InChI=1S/C15H26N2O4/c1-11-4-3-5-12(2)17(11)14(20)16-10-15(13(18)19)6-8-21-9-7-15/h11-12H,3-10H2,1-2H3,(H,16,20)(H,18,19). The Kier molecular flexibility index (Phi) is 5.08. The van der Waals surface area contributed by atoms with Crippen molar-refractivity contribution in [2.75, 3.05) is 19.8 Å². The highest BCUT2D eigenvalue weighted by molar-refractivity contribution is 5.78. The molecule has 120 valence electrons. The van der Waals surface area contributed by atoms with Gasteiger partial charge >= 0.3 is 12.0 Å². The molecule has 2 N–H and O–H groups in total. The van der Waals surface area contributed by atoms with E-state index in [-0.39, 0.29) is 24.7 Å². The number of carbonyl (C=O) groups excluding carboxylic acids is 1. The van der Waals surface area contributed by atoms with E-state index in [4.69, 9.17) is 4.74 Å². The van der Waals surface area contributed by atoms with Gasteiger partial charge in [0.1, 0.15) is 0 Å². The molecule has 6 heteroatoms. The Bertz CT molecular complexity index is 383. The number of urea groups is 1. The van der Waals surface area contributed by atoms with Crippen molar-refractivity contribution < 1.29 is 19.4 Å². The molecule has 2 aliphatic rings. The van der Waals surface area contributed by atoms with E-state index in [2.05, 4.69) is 19.2 Å². The number of hydrogen-bond acceptors (Lipinski definition) is 3. The van der Waals surface area contributed by atoms with E-state index in [1.807, 2.05) is 4.90 Å². The fourth-order valence-corrected chi connectivity index (χ4v) is 3.39. The highest BCUT2D eigenvalue weighted by Crippen LogP contribution is 2.30. The van der Waals surface area contributed by atoms with Crippen LogP contribution in [0.25, 0.3) is 0 Å². The number of aliphatic carboxylic acids is 1. The first-order chi connectivity index (χ1) is 9.96. The van der Waals surface area contributed by atoms with Crippen LogP contribution in [0.15, 0.2) is 0 Å². The number of amides is 2. The molecule has 2 aliphatic heterocycles. The van der Waals surface area contributed by atoms with Gasteiger partial charge in [0.2, 0.25) is 0 Å². The monoisotopic (exact) mass is 298 g/mol. The number of nitrogens with one attached hydrogen (secondary N) is 1.